The molecule has 2 N–H and O–H groups in total. The fourth-order valence-corrected chi connectivity index (χ4v) is 2.25. The SMILES string of the molecule is CCCC(Nc1cnn(CC(=O)NC)c1)c1ccccc1. The van der Waals surface area contributed by atoms with Crippen molar-refractivity contribution >= 4 is 11.6 Å². The lowest BCUT2D eigenvalue weighted by Gasteiger charge is -2.18. The van der Waals surface area contributed by atoms with Crippen LogP contribution in [-0.2, 0) is 11.3 Å². The van der Waals surface area contributed by atoms with Crippen molar-refractivity contribution in [1.29, 1.82) is 0 Å². The van der Waals surface area contributed by atoms with E-state index in [0.29, 0.717) is 0 Å². The molecule has 1 heterocycles. The average molecular weight is 286 g/mol. The molecule has 2 aromatic rings. The van der Waals surface area contributed by atoms with E-state index in [1.165, 1.54) is 5.56 Å². The van der Waals surface area contributed by atoms with E-state index in [2.05, 4.69) is 46.9 Å². The second kappa shape index (κ2) is 7.47. The largest absolute Gasteiger partial charge is 0.376 e. The number of nitrogens with zero attached hydrogens (tertiary/aromatic N) is 2. The highest BCUT2D eigenvalue weighted by atomic mass is 16.1. The molecule has 0 aliphatic rings. The van der Waals surface area contributed by atoms with Crippen molar-refractivity contribution in [2.45, 2.75) is 32.4 Å². The summed E-state index contributed by atoms with van der Waals surface area (Å²) in [6.07, 6.45) is 5.76. The van der Waals surface area contributed by atoms with E-state index in [-0.39, 0.29) is 18.5 Å². The summed E-state index contributed by atoms with van der Waals surface area (Å²) in [5.74, 6) is -0.0576. The molecule has 1 aromatic carbocycles. The van der Waals surface area contributed by atoms with Crippen LogP contribution in [0.25, 0.3) is 0 Å². The van der Waals surface area contributed by atoms with Crippen molar-refractivity contribution in [3.05, 3.63) is 48.3 Å². The van der Waals surface area contributed by atoms with Gasteiger partial charge in [0, 0.05) is 13.2 Å². The Morgan fingerprint density at radius 1 is 1.33 bits per heavy atom. The summed E-state index contributed by atoms with van der Waals surface area (Å²) in [4.78, 5) is 11.3. The number of carbonyl (C=O) groups is 1. The average Bonchev–Trinajstić information content (AvgIpc) is 2.94. The summed E-state index contributed by atoms with van der Waals surface area (Å²) < 4.78 is 1.63. The molecular formula is C16H22N4O. The van der Waals surface area contributed by atoms with Gasteiger partial charge in [0.15, 0.2) is 0 Å². The van der Waals surface area contributed by atoms with Gasteiger partial charge in [-0.2, -0.15) is 5.10 Å². The number of amides is 1. The lowest BCUT2D eigenvalue weighted by atomic mass is 10.0. The summed E-state index contributed by atoms with van der Waals surface area (Å²) in [7, 11) is 1.62. The molecule has 1 amide bonds. The third-order valence-corrected chi connectivity index (χ3v) is 3.34. The van der Waals surface area contributed by atoms with Gasteiger partial charge in [-0.15, -0.1) is 0 Å². The first-order valence-electron chi connectivity index (χ1n) is 7.27. The Hall–Kier alpha value is -2.30. The zero-order chi connectivity index (χ0) is 15.1. The fourth-order valence-electron chi connectivity index (χ4n) is 2.25. The van der Waals surface area contributed by atoms with Gasteiger partial charge in [0.25, 0.3) is 0 Å². The van der Waals surface area contributed by atoms with Crippen LogP contribution in [0.2, 0.25) is 0 Å². The van der Waals surface area contributed by atoms with Gasteiger partial charge in [-0.3, -0.25) is 9.48 Å². The lowest BCUT2D eigenvalue weighted by molar-refractivity contribution is -0.121. The number of hydrogen-bond donors (Lipinski definition) is 2. The maximum absolute atomic E-state index is 11.3. The molecule has 0 aliphatic heterocycles. The minimum Gasteiger partial charge on any atom is -0.376 e. The molecule has 2 rings (SSSR count). The van der Waals surface area contributed by atoms with E-state index in [0.717, 1.165) is 18.5 Å². The van der Waals surface area contributed by atoms with E-state index < -0.39 is 0 Å². The zero-order valence-corrected chi connectivity index (χ0v) is 12.5. The molecule has 0 saturated heterocycles. The van der Waals surface area contributed by atoms with Crippen LogP contribution in [-0.4, -0.2) is 22.7 Å². The monoisotopic (exact) mass is 286 g/mol. The third kappa shape index (κ3) is 4.34. The normalized spacial score (nSPS) is 11.9. The Morgan fingerprint density at radius 2 is 2.10 bits per heavy atom. The highest BCUT2D eigenvalue weighted by molar-refractivity contribution is 5.75. The van der Waals surface area contributed by atoms with Crippen LogP contribution in [0.3, 0.4) is 0 Å². The number of benzene rings is 1. The van der Waals surface area contributed by atoms with Crippen LogP contribution in [0.4, 0.5) is 5.69 Å². The number of likely N-dealkylation sites (N-methyl/N-ethyl adjacent to an activating group) is 1. The number of nitrogens with one attached hydrogen (secondary N) is 2. The smallest absolute Gasteiger partial charge is 0.241 e. The molecule has 112 valence electrons. The minimum atomic E-state index is -0.0576. The van der Waals surface area contributed by atoms with Crippen LogP contribution in [0.15, 0.2) is 42.7 Å². The number of rotatable bonds is 7. The Morgan fingerprint density at radius 3 is 2.76 bits per heavy atom. The molecule has 0 fully saturated rings. The maximum Gasteiger partial charge on any atom is 0.241 e. The van der Waals surface area contributed by atoms with Gasteiger partial charge in [-0.05, 0) is 12.0 Å². The van der Waals surface area contributed by atoms with Gasteiger partial charge in [0.05, 0.1) is 17.9 Å². The Kier molecular flexibility index (Phi) is 5.37. The first-order valence-corrected chi connectivity index (χ1v) is 7.27. The molecule has 1 aromatic heterocycles. The predicted molar refractivity (Wildman–Crippen MR) is 84.0 cm³/mol. The quantitative estimate of drug-likeness (QED) is 0.822. The summed E-state index contributed by atoms with van der Waals surface area (Å²) in [6, 6.07) is 10.6. The molecule has 0 radical (unpaired) electrons. The minimum absolute atomic E-state index is 0.0576. The van der Waals surface area contributed by atoms with Crippen molar-refractivity contribution < 1.29 is 4.79 Å². The highest BCUT2D eigenvalue weighted by Gasteiger charge is 2.11. The maximum atomic E-state index is 11.3. The summed E-state index contributed by atoms with van der Waals surface area (Å²) in [5.41, 5.74) is 2.19. The Bertz CT molecular complexity index is 565. The molecule has 0 spiro atoms. The summed E-state index contributed by atoms with van der Waals surface area (Å²) >= 11 is 0. The van der Waals surface area contributed by atoms with E-state index in [1.54, 1.807) is 17.9 Å². The van der Waals surface area contributed by atoms with Crippen LogP contribution in [0.5, 0.6) is 0 Å². The molecule has 1 atom stereocenters. The number of anilines is 1. The van der Waals surface area contributed by atoms with Crippen molar-refractivity contribution in [3.63, 3.8) is 0 Å². The Balaban J connectivity index is 2.05. The van der Waals surface area contributed by atoms with Crippen molar-refractivity contribution in [3.8, 4) is 0 Å². The third-order valence-electron chi connectivity index (χ3n) is 3.34. The van der Waals surface area contributed by atoms with E-state index >= 15 is 0 Å². The second-order valence-corrected chi connectivity index (χ2v) is 5.00. The molecule has 0 saturated carbocycles. The lowest BCUT2D eigenvalue weighted by Crippen LogP contribution is -2.23. The van der Waals surface area contributed by atoms with Gasteiger partial charge >= 0.3 is 0 Å². The zero-order valence-electron chi connectivity index (χ0n) is 12.5. The van der Waals surface area contributed by atoms with Gasteiger partial charge in [-0.1, -0.05) is 43.7 Å². The standard InChI is InChI=1S/C16H22N4O/c1-3-7-15(13-8-5-4-6-9-13)19-14-10-18-20(11-14)12-16(21)17-2/h4-6,8-11,15,19H,3,7,12H2,1-2H3,(H,17,21). The van der Waals surface area contributed by atoms with Gasteiger partial charge < -0.3 is 10.6 Å². The second-order valence-electron chi connectivity index (χ2n) is 5.00. The van der Waals surface area contributed by atoms with Crippen molar-refractivity contribution in [1.82, 2.24) is 15.1 Å². The first kappa shape index (κ1) is 15.1. The molecule has 0 bridgehead atoms. The van der Waals surface area contributed by atoms with Crippen LogP contribution >= 0.6 is 0 Å². The van der Waals surface area contributed by atoms with E-state index in [9.17, 15) is 4.79 Å². The first-order chi connectivity index (χ1) is 10.2. The molecule has 1 unspecified atom stereocenters. The molecule has 21 heavy (non-hydrogen) atoms. The van der Waals surface area contributed by atoms with Crippen LogP contribution in [0, 0.1) is 0 Å². The number of aromatic nitrogens is 2. The fraction of sp³-hybridized carbons (Fsp3) is 0.375. The molecular weight excluding hydrogens is 264 g/mol. The Labute approximate surface area is 125 Å². The van der Waals surface area contributed by atoms with E-state index in [1.807, 2.05) is 12.3 Å². The summed E-state index contributed by atoms with van der Waals surface area (Å²) in [6.45, 7) is 2.41. The molecule has 5 heteroatoms. The number of hydrogen-bond acceptors (Lipinski definition) is 3. The molecule has 0 aliphatic carbocycles. The molecule has 5 nitrogen and oxygen atoms in total. The predicted octanol–water partition coefficient (Wildman–Crippen LogP) is 2.58. The highest BCUT2D eigenvalue weighted by Crippen LogP contribution is 2.23. The van der Waals surface area contributed by atoms with Gasteiger partial charge in [0.2, 0.25) is 5.91 Å². The van der Waals surface area contributed by atoms with Gasteiger partial charge in [-0.25, -0.2) is 0 Å². The van der Waals surface area contributed by atoms with Crippen LogP contribution < -0.4 is 10.6 Å². The van der Waals surface area contributed by atoms with Crippen molar-refractivity contribution in [2.24, 2.45) is 0 Å². The topological polar surface area (TPSA) is 59.0 Å². The number of carbonyl (C=O) groups excluding carboxylic acids is 1. The summed E-state index contributed by atoms with van der Waals surface area (Å²) in [5, 5.41) is 10.3. The van der Waals surface area contributed by atoms with Crippen LogP contribution in [0.1, 0.15) is 31.4 Å². The van der Waals surface area contributed by atoms with Gasteiger partial charge in [0.1, 0.15) is 6.54 Å². The van der Waals surface area contributed by atoms with Crippen molar-refractivity contribution in [2.75, 3.05) is 12.4 Å². The van der Waals surface area contributed by atoms with E-state index in [4.69, 9.17) is 0 Å².